The Morgan fingerprint density at radius 1 is 1.15 bits per heavy atom. The number of carboxylic acid groups (broad SMARTS) is 1. The Balaban J connectivity index is 1.99. The maximum absolute atomic E-state index is 12.7. The van der Waals surface area contributed by atoms with Gasteiger partial charge in [0.05, 0.1) is 23.7 Å². The molecule has 1 unspecified atom stereocenters. The number of fused-ring (bicyclic) bond motifs is 1. The maximum atomic E-state index is 12.7. The van der Waals surface area contributed by atoms with Crippen molar-refractivity contribution in [3.05, 3.63) is 57.8 Å². The number of benzene rings is 1. The summed E-state index contributed by atoms with van der Waals surface area (Å²) < 4.78 is 0. The Kier molecular flexibility index (Phi) is 4.58. The van der Waals surface area contributed by atoms with Gasteiger partial charge in [0.25, 0.3) is 11.8 Å². The van der Waals surface area contributed by atoms with Crippen molar-refractivity contribution in [3.63, 3.8) is 0 Å². The lowest BCUT2D eigenvalue weighted by molar-refractivity contribution is 0.0428. The van der Waals surface area contributed by atoms with E-state index >= 15 is 0 Å². The van der Waals surface area contributed by atoms with Crippen molar-refractivity contribution in [2.45, 2.75) is 32.4 Å². The fourth-order valence-electron chi connectivity index (χ4n) is 3.27. The highest BCUT2D eigenvalue weighted by atomic mass is 32.1. The van der Waals surface area contributed by atoms with Crippen LogP contribution in [0.3, 0.4) is 0 Å². The molecule has 3 rings (SSSR count). The first-order chi connectivity index (χ1) is 12.2. The van der Waals surface area contributed by atoms with E-state index in [-0.39, 0.29) is 18.4 Å². The number of hydrogen-bond acceptors (Lipinski definition) is 4. The van der Waals surface area contributed by atoms with E-state index in [1.165, 1.54) is 16.2 Å². The molecule has 0 radical (unpaired) electrons. The van der Waals surface area contributed by atoms with Crippen LogP contribution >= 0.6 is 11.3 Å². The van der Waals surface area contributed by atoms with Crippen LogP contribution in [0.5, 0.6) is 0 Å². The number of carbonyl (C=O) groups is 3. The second kappa shape index (κ2) is 6.57. The Labute approximate surface area is 155 Å². The molecule has 1 atom stereocenters. The molecule has 0 aliphatic carbocycles. The summed E-state index contributed by atoms with van der Waals surface area (Å²) in [6.45, 7) is 5.36. The van der Waals surface area contributed by atoms with Gasteiger partial charge in [0.15, 0.2) is 0 Å². The van der Waals surface area contributed by atoms with E-state index in [2.05, 4.69) is 0 Å². The van der Waals surface area contributed by atoms with Gasteiger partial charge in [-0.25, -0.2) is 4.79 Å². The number of amides is 3. The van der Waals surface area contributed by atoms with E-state index in [0.717, 1.165) is 10.5 Å². The number of hydrogen-bond donors (Lipinski definition) is 1. The average Bonchev–Trinajstić information content (AvgIpc) is 3.16. The van der Waals surface area contributed by atoms with Crippen LogP contribution in [-0.4, -0.2) is 44.9 Å². The Morgan fingerprint density at radius 3 is 2.15 bits per heavy atom. The standard InChI is InChI=1S/C19H20N2O4S/c1-19(2,3)21(18(24)25)15(12-8-9-26-11-12)10-20-16(22)13-6-4-5-7-14(13)17(20)23/h4-9,11,15H,10H2,1-3H3,(H,24,25). The fraction of sp³-hybridized carbons (Fsp3) is 0.316. The highest BCUT2D eigenvalue weighted by molar-refractivity contribution is 7.08. The predicted molar refractivity (Wildman–Crippen MR) is 98.5 cm³/mol. The van der Waals surface area contributed by atoms with Crippen LogP contribution in [0.2, 0.25) is 0 Å². The van der Waals surface area contributed by atoms with E-state index in [1.54, 1.807) is 45.0 Å². The molecule has 2 heterocycles. The molecule has 7 heteroatoms. The smallest absolute Gasteiger partial charge is 0.408 e. The molecule has 2 aromatic rings. The van der Waals surface area contributed by atoms with Crippen molar-refractivity contribution in [2.24, 2.45) is 0 Å². The molecule has 3 amide bonds. The average molecular weight is 372 g/mol. The van der Waals surface area contributed by atoms with Gasteiger partial charge in [0.1, 0.15) is 0 Å². The molecule has 0 saturated heterocycles. The molecule has 1 aliphatic heterocycles. The molecule has 0 saturated carbocycles. The number of imide groups is 1. The van der Waals surface area contributed by atoms with E-state index in [1.807, 2.05) is 16.8 Å². The van der Waals surface area contributed by atoms with Gasteiger partial charge >= 0.3 is 6.09 Å². The monoisotopic (exact) mass is 372 g/mol. The molecule has 1 aromatic heterocycles. The van der Waals surface area contributed by atoms with Crippen molar-refractivity contribution < 1.29 is 19.5 Å². The first kappa shape index (κ1) is 18.1. The van der Waals surface area contributed by atoms with Gasteiger partial charge in [0, 0.05) is 5.54 Å². The zero-order valence-electron chi connectivity index (χ0n) is 14.8. The van der Waals surface area contributed by atoms with Gasteiger partial charge in [-0.3, -0.25) is 19.4 Å². The maximum Gasteiger partial charge on any atom is 0.408 e. The molecule has 1 aromatic carbocycles. The van der Waals surface area contributed by atoms with Crippen LogP contribution in [0, 0.1) is 0 Å². The van der Waals surface area contributed by atoms with Crippen molar-refractivity contribution in [2.75, 3.05) is 6.54 Å². The summed E-state index contributed by atoms with van der Waals surface area (Å²) in [5, 5.41) is 13.5. The van der Waals surface area contributed by atoms with Crippen LogP contribution in [0.4, 0.5) is 4.79 Å². The topological polar surface area (TPSA) is 77.9 Å². The van der Waals surface area contributed by atoms with Crippen LogP contribution in [0.15, 0.2) is 41.1 Å². The Bertz CT molecular complexity index is 820. The third-order valence-electron chi connectivity index (χ3n) is 4.40. The summed E-state index contributed by atoms with van der Waals surface area (Å²) in [6, 6.07) is 7.85. The summed E-state index contributed by atoms with van der Waals surface area (Å²) in [4.78, 5) is 39.8. The minimum Gasteiger partial charge on any atom is -0.465 e. The zero-order chi connectivity index (χ0) is 19.1. The normalized spacial score (nSPS) is 15.1. The molecule has 1 aliphatic rings. The quantitative estimate of drug-likeness (QED) is 0.827. The minimum atomic E-state index is -1.09. The lowest BCUT2D eigenvalue weighted by Gasteiger charge is -2.40. The highest BCUT2D eigenvalue weighted by Gasteiger charge is 2.41. The van der Waals surface area contributed by atoms with Gasteiger partial charge in [-0.15, -0.1) is 0 Å². The minimum absolute atomic E-state index is 0.0212. The van der Waals surface area contributed by atoms with Crippen LogP contribution in [0.1, 0.15) is 53.1 Å². The van der Waals surface area contributed by atoms with E-state index in [9.17, 15) is 19.5 Å². The molecule has 0 spiro atoms. The van der Waals surface area contributed by atoms with E-state index in [0.29, 0.717) is 11.1 Å². The summed E-state index contributed by atoms with van der Waals surface area (Å²) in [6.07, 6.45) is -1.09. The van der Waals surface area contributed by atoms with Crippen molar-refractivity contribution in [1.29, 1.82) is 0 Å². The second-order valence-corrected chi connectivity index (χ2v) is 7.94. The van der Waals surface area contributed by atoms with Crippen molar-refractivity contribution in [3.8, 4) is 0 Å². The fourth-order valence-corrected chi connectivity index (χ4v) is 3.97. The van der Waals surface area contributed by atoms with Crippen LogP contribution in [-0.2, 0) is 0 Å². The van der Waals surface area contributed by atoms with Crippen molar-refractivity contribution in [1.82, 2.24) is 9.80 Å². The molecule has 0 bridgehead atoms. The van der Waals surface area contributed by atoms with Crippen LogP contribution in [0.25, 0.3) is 0 Å². The summed E-state index contributed by atoms with van der Waals surface area (Å²) in [5.74, 6) is -0.768. The van der Waals surface area contributed by atoms with E-state index in [4.69, 9.17) is 0 Å². The number of nitrogens with zero attached hydrogens (tertiary/aromatic N) is 2. The molecule has 0 fully saturated rings. The largest absolute Gasteiger partial charge is 0.465 e. The third-order valence-corrected chi connectivity index (χ3v) is 5.10. The number of rotatable bonds is 4. The molecule has 26 heavy (non-hydrogen) atoms. The highest BCUT2D eigenvalue weighted by Crippen LogP contribution is 2.33. The number of thiophene rings is 1. The zero-order valence-corrected chi connectivity index (χ0v) is 15.6. The van der Waals surface area contributed by atoms with Gasteiger partial charge < -0.3 is 5.11 Å². The molecular weight excluding hydrogens is 352 g/mol. The molecule has 1 N–H and O–H groups in total. The Hall–Kier alpha value is -2.67. The first-order valence-electron chi connectivity index (χ1n) is 8.21. The van der Waals surface area contributed by atoms with E-state index < -0.39 is 17.7 Å². The predicted octanol–water partition coefficient (Wildman–Crippen LogP) is 3.86. The Morgan fingerprint density at radius 2 is 1.73 bits per heavy atom. The summed E-state index contributed by atoms with van der Waals surface area (Å²) in [7, 11) is 0. The second-order valence-electron chi connectivity index (χ2n) is 7.16. The SMILES string of the molecule is CC(C)(C)N(C(=O)O)C(CN1C(=O)c2ccccc2C1=O)c1ccsc1. The lowest BCUT2D eigenvalue weighted by atomic mass is 9.99. The van der Waals surface area contributed by atoms with Gasteiger partial charge in [-0.05, 0) is 55.3 Å². The molecule has 136 valence electrons. The lowest BCUT2D eigenvalue weighted by Crippen LogP contribution is -2.51. The van der Waals surface area contributed by atoms with Crippen LogP contribution < -0.4 is 0 Å². The van der Waals surface area contributed by atoms with Gasteiger partial charge in [-0.2, -0.15) is 11.3 Å². The first-order valence-corrected chi connectivity index (χ1v) is 9.15. The molecular formula is C19H20N2O4S. The summed E-state index contributed by atoms with van der Waals surface area (Å²) >= 11 is 1.45. The van der Waals surface area contributed by atoms with Gasteiger partial charge in [-0.1, -0.05) is 12.1 Å². The summed E-state index contributed by atoms with van der Waals surface area (Å²) in [5.41, 5.74) is 0.791. The number of carbonyl (C=O) groups excluding carboxylic acids is 2. The molecule has 6 nitrogen and oxygen atoms in total. The van der Waals surface area contributed by atoms with Crippen molar-refractivity contribution >= 4 is 29.2 Å². The van der Waals surface area contributed by atoms with Gasteiger partial charge in [0.2, 0.25) is 0 Å². The third kappa shape index (κ3) is 3.10.